The second-order valence-corrected chi connectivity index (χ2v) is 6.28. The van der Waals surface area contributed by atoms with E-state index < -0.39 is 6.04 Å². The molecule has 1 aromatic heterocycles. The predicted octanol–water partition coefficient (Wildman–Crippen LogP) is 2.91. The maximum atomic E-state index is 12.2. The zero-order valence-corrected chi connectivity index (χ0v) is 14.4. The molecule has 1 aliphatic heterocycles. The van der Waals surface area contributed by atoms with Crippen molar-refractivity contribution in [2.24, 2.45) is 0 Å². The molecule has 6 nitrogen and oxygen atoms in total. The van der Waals surface area contributed by atoms with Crippen LogP contribution in [0.15, 0.2) is 41.8 Å². The van der Waals surface area contributed by atoms with Gasteiger partial charge in [0.1, 0.15) is 0 Å². The number of fused-ring (bicyclic) bond motifs is 1. The van der Waals surface area contributed by atoms with Gasteiger partial charge in [-0.25, -0.2) is 0 Å². The summed E-state index contributed by atoms with van der Waals surface area (Å²) in [6, 6.07) is 8.77. The zero-order chi connectivity index (χ0) is 17.6. The highest BCUT2D eigenvalue weighted by Gasteiger charge is 2.19. The number of methoxy groups -OCH3 is 1. The van der Waals surface area contributed by atoms with E-state index in [1.54, 1.807) is 18.2 Å². The van der Waals surface area contributed by atoms with Gasteiger partial charge in [0.15, 0.2) is 11.5 Å². The van der Waals surface area contributed by atoms with E-state index in [4.69, 9.17) is 14.2 Å². The van der Waals surface area contributed by atoms with Crippen molar-refractivity contribution < 1.29 is 23.8 Å². The Morgan fingerprint density at radius 3 is 2.92 bits per heavy atom. The van der Waals surface area contributed by atoms with E-state index in [-0.39, 0.29) is 25.1 Å². The molecular formula is C18H17NO5S. The maximum Gasteiger partial charge on any atom is 0.307 e. The summed E-state index contributed by atoms with van der Waals surface area (Å²) in [5.74, 6) is 0.681. The number of hydrogen-bond donors (Lipinski definition) is 1. The van der Waals surface area contributed by atoms with Crippen LogP contribution in [0.1, 0.15) is 22.9 Å². The van der Waals surface area contributed by atoms with E-state index >= 15 is 0 Å². The number of carbonyl (C=O) groups is 2. The lowest BCUT2D eigenvalue weighted by atomic mass is 10.1. The van der Waals surface area contributed by atoms with Crippen LogP contribution in [0.25, 0.3) is 6.08 Å². The van der Waals surface area contributed by atoms with Gasteiger partial charge in [0, 0.05) is 11.0 Å². The van der Waals surface area contributed by atoms with Crippen molar-refractivity contribution in [3.63, 3.8) is 0 Å². The number of rotatable bonds is 6. The van der Waals surface area contributed by atoms with Crippen LogP contribution in [0.4, 0.5) is 0 Å². The van der Waals surface area contributed by atoms with Crippen LogP contribution in [0, 0.1) is 0 Å². The fourth-order valence-corrected chi connectivity index (χ4v) is 3.15. The third-order valence-corrected chi connectivity index (χ3v) is 4.61. The number of hydrogen-bond acceptors (Lipinski definition) is 6. The van der Waals surface area contributed by atoms with Crippen molar-refractivity contribution in [2.45, 2.75) is 12.5 Å². The maximum absolute atomic E-state index is 12.2. The molecule has 0 fully saturated rings. The lowest BCUT2D eigenvalue weighted by molar-refractivity contribution is -0.141. The lowest BCUT2D eigenvalue weighted by Gasteiger charge is -2.15. The average molecular weight is 359 g/mol. The quantitative estimate of drug-likeness (QED) is 0.634. The Bertz CT molecular complexity index is 785. The van der Waals surface area contributed by atoms with Crippen LogP contribution in [0.5, 0.6) is 11.5 Å². The van der Waals surface area contributed by atoms with Crippen LogP contribution in [0.3, 0.4) is 0 Å². The first kappa shape index (κ1) is 17.0. The van der Waals surface area contributed by atoms with E-state index in [0.717, 1.165) is 10.4 Å². The summed E-state index contributed by atoms with van der Waals surface area (Å²) in [6.07, 6.45) is 3.19. The van der Waals surface area contributed by atoms with Crippen molar-refractivity contribution in [1.82, 2.24) is 5.32 Å². The average Bonchev–Trinajstić information content (AvgIpc) is 3.30. The molecule has 25 heavy (non-hydrogen) atoms. The molecule has 2 heterocycles. The van der Waals surface area contributed by atoms with Gasteiger partial charge in [-0.1, -0.05) is 12.1 Å². The third-order valence-electron chi connectivity index (χ3n) is 3.63. The standard InChI is InChI=1S/C18H17NO5S/c1-22-18(21)10-13(16-3-2-8-25-16)19-17(20)7-5-12-4-6-14-15(9-12)24-11-23-14/h2-9,13H,10-11H2,1H3,(H,19,20)/b7-5+. The summed E-state index contributed by atoms with van der Waals surface area (Å²) < 4.78 is 15.3. The van der Waals surface area contributed by atoms with Crippen LogP contribution in [-0.2, 0) is 14.3 Å². The minimum absolute atomic E-state index is 0.0839. The molecule has 3 rings (SSSR count). The fourth-order valence-electron chi connectivity index (χ4n) is 2.37. The molecule has 1 aromatic carbocycles. The first-order chi connectivity index (χ1) is 12.2. The highest BCUT2D eigenvalue weighted by atomic mass is 32.1. The number of carbonyl (C=O) groups excluding carboxylic acids is 2. The largest absolute Gasteiger partial charge is 0.469 e. The number of thiophene rings is 1. The molecule has 0 saturated carbocycles. The summed E-state index contributed by atoms with van der Waals surface area (Å²) in [5.41, 5.74) is 0.819. The Labute approximate surface area is 149 Å². The second kappa shape index (κ2) is 7.85. The first-order valence-electron chi connectivity index (χ1n) is 7.64. The Morgan fingerprint density at radius 1 is 1.32 bits per heavy atom. The minimum Gasteiger partial charge on any atom is -0.469 e. The van der Waals surface area contributed by atoms with Gasteiger partial charge in [-0.2, -0.15) is 0 Å². The minimum atomic E-state index is -0.415. The Hall–Kier alpha value is -2.80. The van der Waals surface area contributed by atoms with Crippen molar-refractivity contribution in [2.75, 3.05) is 13.9 Å². The molecule has 2 aromatic rings. The van der Waals surface area contributed by atoms with E-state index in [9.17, 15) is 9.59 Å². The summed E-state index contributed by atoms with van der Waals surface area (Å²) >= 11 is 1.48. The number of ether oxygens (including phenoxy) is 3. The molecule has 1 atom stereocenters. The van der Waals surface area contributed by atoms with Crippen molar-refractivity contribution in [3.05, 3.63) is 52.2 Å². The molecule has 0 bridgehead atoms. The molecule has 7 heteroatoms. The normalized spacial score (nSPS) is 13.6. The molecule has 1 aliphatic rings. The van der Waals surface area contributed by atoms with Gasteiger partial charge in [-0.3, -0.25) is 9.59 Å². The van der Waals surface area contributed by atoms with Crippen LogP contribution < -0.4 is 14.8 Å². The molecule has 0 aliphatic carbocycles. The van der Waals surface area contributed by atoms with Gasteiger partial charge in [0.05, 0.1) is 19.6 Å². The second-order valence-electron chi connectivity index (χ2n) is 5.30. The number of nitrogens with one attached hydrogen (secondary N) is 1. The molecule has 0 spiro atoms. The summed E-state index contributed by atoms with van der Waals surface area (Å²) in [7, 11) is 1.33. The van der Waals surface area contributed by atoms with Crippen molar-refractivity contribution in [3.8, 4) is 11.5 Å². The fraction of sp³-hybridized carbons (Fsp3) is 0.222. The van der Waals surface area contributed by atoms with Gasteiger partial charge in [0.25, 0.3) is 0 Å². The zero-order valence-electron chi connectivity index (χ0n) is 13.6. The molecule has 1 unspecified atom stereocenters. The van der Waals surface area contributed by atoms with Gasteiger partial charge in [-0.15, -0.1) is 11.3 Å². The molecule has 130 valence electrons. The number of esters is 1. The Kier molecular flexibility index (Phi) is 5.35. The topological polar surface area (TPSA) is 73.9 Å². The lowest BCUT2D eigenvalue weighted by Crippen LogP contribution is -2.28. The van der Waals surface area contributed by atoms with Crippen LogP contribution in [0.2, 0.25) is 0 Å². The van der Waals surface area contributed by atoms with E-state index in [1.165, 1.54) is 24.5 Å². The van der Waals surface area contributed by atoms with Gasteiger partial charge in [-0.05, 0) is 35.2 Å². The first-order valence-corrected chi connectivity index (χ1v) is 8.52. The highest BCUT2D eigenvalue weighted by molar-refractivity contribution is 7.10. The monoisotopic (exact) mass is 359 g/mol. The Balaban J connectivity index is 1.65. The van der Waals surface area contributed by atoms with Crippen molar-refractivity contribution >= 4 is 29.3 Å². The highest BCUT2D eigenvalue weighted by Crippen LogP contribution is 2.32. The van der Waals surface area contributed by atoms with E-state index in [2.05, 4.69) is 5.32 Å². The third kappa shape index (κ3) is 4.39. The molecular weight excluding hydrogens is 342 g/mol. The number of benzene rings is 1. The van der Waals surface area contributed by atoms with E-state index in [0.29, 0.717) is 11.5 Å². The predicted molar refractivity (Wildman–Crippen MR) is 93.4 cm³/mol. The van der Waals surface area contributed by atoms with Crippen LogP contribution >= 0.6 is 11.3 Å². The Morgan fingerprint density at radius 2 is 2.16 bits per heavy atom. The van der Waals surface area contributed by atoms with E-state index in [1.807, 2.05) is 23.6 Å². The molecule has 1 amide bonds. The van der Waals surface area contributed by atoms with Crippen LogP contribution in [-0.4, -0.2) is 25.8 Å². The van der Waals surface area contributed by atoms with Crippen molar-refractivity contribution in [1.29, 1.82) is 0 Å². The number of amides is 1. The van der Waals surface area contributed by atoms with Gasteiger partial charge >= 0.3 is 5.97 Å². The SMILES string of the molecule is COC(=O)CC(NC(=O)/C=C/c1ccc2c(c1)OCO2)c1cccs1. The smallest absolute Gasteiger partial charge is 0.307 e. The molecule has 0 saturated heterocycles. The summed E-state index contributed by atoms with van der Waals surface area (Å²) in [5, 5.41) is 4.73. The molecule has 1 N–H and O–H groups in total. The summed E-state index contributed by atoms with van der Waals surface area (Å²) in [4.78, 5) is 24.7. The van der Waals surface area contributed by atoms with Gasteiger partial charge in [0.2, 0.25) is 12.7 Å². The molecule has 0 radical (unpaired) electrons. The van der Waals surface area contributed by atoms with Gasteiger partial charge < -0.3 is 19.5 Å². The summed E-state index contributed by atoms with van der Waals surface area (Å²) in [6.45, 7) is 0.207.